The van der Waals surface area contributed by atoms with Gasteiger partial charge in [0.25, 0.3) is 11.5 Å². The highest BCUT2D eigenvalue weighted by molar-refractivity contribution is 5.88. The van der Waals surface area contributed by atoms with Gasteiger partial charge in [0.2, 0.25) is 5.91 Å². The Kier molecular flexibility index (Phi) is 6.68. The van der Waals surface area contributed by atoms with Crippen molar-refractivity contribution >= 4 is 11.8 Å². The molecule has 2 aromatic carbocycles. The second kappa shape index (κ2) is 9.67. The number of likely N-dealkylation sites (tertiary alicyclic amines) is 1. The lowest BCUT2D eigenvalue weighted by Crippen LogP contribution is -2.60. The topological polar surface area (TPSA) is 67.9 Å². The van der Waals surface area contributed by atoms with E-state index in [0.717, 1.165) is 23.3 Å². The third-order valence-corrected chi connectivity index (χ3v) is 8.16. The van der Waals surface area contributed by atoms with Crippen LogP contribution in [-0.2, 0) is 26.3 Å². The zero-order chi connectivity index (χ0) is 26.3. The molecule has 2 aromatic rings. The summed E-state index contributed by atoms with van der Waals surface area (Å²) in [5.74, 6) is -0.377. The zero-order valence-electron chi connectivity index (χ0n) is 20.8. The van der Waals surface area contributed by atoms with Crippen LogP contribution in [0.1, 0.15) is 48.8 Å². The van der Waals surface area contributed by atoms with E-state index in [1.165, 1.54) is 36.1 Å². The Labute approximate surface area is 214 Å². The van der Waals surface area contributed by atoms with Crippen LogP contribution in [0.4, 0.5) is 13.2 Å². The van der Waals surface area contributed by atoms with Gasteiger partial charge >= 0.3 is 6.18 Å². The van der Waals surface area contributed by atoms with Crippen LogP contribution in [0.15, 0.2) is 48.5 Å². The maximum atomic E-state index is 14.6. The molecule has 0 bridgehead atoms. The Balaban J connectivity index is 1.45. The van der Waals surface area contributed by atoms with Crippen molar-refractivity contribution in [3.63, 3.8) is 0 Å². The van der Waals surface area contributed by atoms with Crippen molar-refractivity contribution in [1.82, 2.24) is 10.2 Å². The van der Waals surface area contributed by atoms with E-state index in [4.69, 9.17) is 9.47 Å². The molecule has 5 rings (SSSR count). The molecular weight excluding hydrogens is 485 g/mol. The van der Waals surface area contributed by atoms with E-state index in [1.54, 1.807) is 6.07 Å². The molecular formula is C28H31F3N2O4. The summed E-state index contributed by atoms with van der Waals surface area (Å²) in [7, 11) is 0. The van der Waals surface area contributed by atoms with Gasteiger partial charge in [0.1, 0.15) is 5.75 Å². The van der Waals surface area contributed by atoms with Crippen LogP contribution in [0.5, 0.6) is 5.75 Å². The predicted molar refractivity (Wildman–Crippen MR) is 130 cm³/mol. The number of rotatable bonds is 5. The summed E-state index contributed by atoms with van der Waals surface area (Å²) in [6.07, 6.45) is -3.04. The molecule has 2 saturated heterocycles. The summed E-state index contributed by atoms with van der Waals surface area (Å²) in [6.45, 7) is 2.43. The molecule has 1 spiro atoms. The summed E-state index contributed by atoms with van der Waals surface area (Å²) in [6, 6.07) is 13.2. The molecule has 2 amide bonds. The van der Waals surface area contributed by atoms with E-state index >= 15 is 0 Å². The lowest BCUT2D eigenvalue weighted by molar-refractivity contribution is -0.277. The first kappa shape index (κ1) is 25.6. The van der Waals surface area contributed by atoms with Crippen molar-refractivity contribution in [2.45, 2.75) is 50.3 Å². The number of ether oxygens (including phenoxy) is 2. The van der Waals surface area contributed by atoms with Crippen molar-refractivity contribution < 1.29 is 32.2 Å². The van der Waals surface area contributed by atoms with Crippen LogP contribution in [0, 0.1) is 5.41 Å². The van der Waals surface area contributed by atoms with Crippen molar-refractivity contribution in [3.8, 4) is 5.75 Å². The van der Waals surface area contributed by atoms with Gasteiger partial charge in [-0.25, -0.2) is 0 Å². The molecule has 6 nitrogen and oxygen atoms in total. The van der Waals surface area contributed by atoms with Crippen molar-refractivity contribution in [3.05, 3.63) is 65.2 Å². The molecule has 0 saturated carbocycles. The number of alkyl halides is 3. The predicted octanol–water partition coefficient (Wildman–Crippen LogP) is 4.33. The number of para-hydroxylation sites is 1. The SMILES string of the molecule is CCO[C@@](C(=O)N1CCC2(CC1)CC(=O)NCC2c1cccc2c1OCC2)(c1ccccc1)C(F)(F)F. The number of halogens is 3. The number of hydrogen-bond donors (Lipinski definition) is 1. The van der Waals surface area contributed by atoms with Crippen LogP contribution < -0.4 is 10.1 Å². The summed E-state index contributed by atoms with van der Waals surface area (Å²) in [5, 5.41) is 2.97. The van der Waals surface area contributed by atoms with Crippen molar-refractivity contribution in [2.24, 2.45) is 5.41 Å². The van der Waals surface area contributed by atoms with Crippen LogP contribution in [-0.4, -0.2) is 55.7 Å². The number of piperidine rings is 2. The Morgan fingerprint density at radius 3 is 2.54 bits per heavy atom. The fourth-order valence-electron chi connectivity index (χ4n) is 6.32. The van der Waals surface area contributed by atoms with Gasteiger partial charge < -0.3 is 19.7 Å². The Morgan fingerprint density at radius 1 is 1.14 bits per heavy atom. The number of nitrogens with one attached hydrogen (secondary N) is 1. The van der Waals surface area contributed by atoms with Gasteiger partial charge in [0.15, 0.2) is 0 Å². The number of carbonyl (C=O) groups is 2. The van der Waals surface area contributed by atoms with E-state index in [9.17, 15) is 22.8 Å². The third kappa shape index (κ3) is 4.27. The first-order chi connectivity index (χ1) is 17.7. The highest BCUT2D eigenvalue weighted by Gasteiger charge is 2.64. The minimum absolute atomic E-state index is 0.0520. The second-order valence-corrected chi connectivity index (χ2v) is 10.1. The average molecular weight is 517 g/mol. The maximum Gasteiger partial charge on any atom is 0.430 e. The molecule has 9 heteroatoms. The minimum Gasteiger partial charge on any atom is -0.493 e. The maximum absolute atomic E-state index is 14.6. The van der Waals surface area contributed by atoms with Gasteiger partial charge in [0, 0.05) is 50.6 Å². The lowest BCUT2D eigenvalue weighted by atomic mass is 9.62. The standard InChI is InChI=1S/C28H31F3N2O4/c1-2-37-27(28(29,30)31,20-8-4-3-5-9-20)25(35)33-14-12-26(13-15-33)17-23(34)32-18-22(26)21-10-6-7-19-11-16-36-24(19)21/h3-10,22H,2,11-18H2,1H3,(H,32,34)/t22?,27-/m1/s1. The molecule has 2 atom stereocenters. The number of nitrogens with zero attached hydrogens (tertiary/aromatic N) is 1. The number of hydrogen-bond acceptors (Lipinski definition) is 4. The van der Waals surface area contributed by atoms with Gasteiger partial charge in [-0.3, -0.25) is 9.59 Å². The molecule has 0 aliphatic carbocycles. The van der Waals surface area contributed by atoms with E-state index in [-0.39, 0.29) is 43.5 Å². The monoisotopic (exact) mass is 516 g/mol. The molecule has 3 aliphatic heterocycles. The summed E-state index contributed by atoms with van der Waals surface area (Å²) >= 11 is 0. The number of amides is 2. The summed E-state index contributed by atoms with van der Waals surface area (Å²) in [4.78, 5) is 27.5. The summed E-state index contributed by atoms with van der Waals surface area (Å²) in [5.41, 5.74) is -1.63. The zero-order valence-corrected chi connectivity index (χ0v) is 20.8. The Hall–Kier alpha value is -3.07. The van der Waals surface area contributed by atoms with E-state index in [2.05, 4.69) is 5.32 Å². The van der Waals surface area contributed by atoms with Gasteiger partial charge in [-0.1, -0.05) is 48.5 Å². The highest BCUT2D eigenvalue weighted by atomic mass is 19.4. The first-order valence-corrected chi connectivity index (χ1v) is 12.8. The van der Waals surface area contributed by atoms with Crippen molar-refractivity contribution in [1.29, 1.82) is 0 Å². The van der Waals surface area contributed by atoms with Crippen LogP contribution in [0.2, 0.25) is 0 Å². The largest absolute Gasteiger partial charge is 0.493 e. The highest BCUT2D eigenvalue weighted by Crippen LogP contribution is 2.52. The second-order valence-electron chi connectivity index (χ2n) is 10.1. The first-order valence-electron chi connectivity index (χ1n) is 12.8. The molecule has 198 valence electrons. The van der Waals surface area contributed by atoms with Gasteiger partial charge in [-0.05, 0) is 36.3 Å². The molecule has 1 N–H and O–H groups in total. The van der Waals surface area contributed by atoms with Crippen LogP contribution in [0.25, 0.3) is 0 Å². The fraction of sp³-hybridized carbons (Fsp3) is 0.500. The van der Waals surface area contributed by atoms with E-state index in [1.807, 2.05) is 18.2 Å². The third-order valence-electron chi connectivity index (χ3n) is 8.16. The quantitative estimate of drug-likeness (QED) is 0.643. The number of carbonyl (C=O) groups excluding carboxylic acids is 2. The van der Waals surface area contributed by atoms with Gasteiger partial charge in [0.05, 0.1) is 6.61 Å². The smallest absolute Gasteiger partial charge is 0.430 e. The fourth-order valence-corrected chi connectivity index (χ4v) is 6.32. The van der Waals surface area contributed by atoms with Crippen LogP contribution >= 0.6 is 0 Å². The Bertz CT molecular complexity index is 1160. The minimum atomic E-state index is -4.95. The molecule has 1 unspecified atom stereocenters. The Morgan fingerprint density at radius 2 is 1.86 bits per heavy atom. The van der Waals surface area contributed by atoms with E-state index < -0.39 is 23.1 Å². The number of benzene rings is 2. The average Bonchev–Trinajstić information content (AvgIpc) is 3.37. The molecule has 0 aromatic heterocycles. The van der Waals surface area contributed by atoms with Crippen molar-refractivity contribution in [2.75, 3.05) is 32.8 Å². The normalized spacial score (nSPS) is 22.6. The van der Waals surface area contributed by atoms with Gasteiger partial charge in [-0.2, -0.15) is 13.2 Å². The van der Waals surface area contributed by atoms with E-state index in [0.29, 0.717) is 26.0 Å². The molecule has 2 fully saturated rings. The van der Waals surface area contributed by atoms with Gasteiger partial charge in [-0.15, -0.1) is 0 Å². The molecule has 3 aliphatic rings. The van der Waals surface area contributed by atoms with Crippen LogP contribution in [0.3, 0.4) is 0 Å². The number of fused-ring (bicyclic) bond motifs is 1. The molecule has 37 heavy (non-hydrogen) atoms. The summed E-state index contributed by atoms with van der Waals surface area (Å²) < 4.78 is 55.1. The molecule has 0 radical (unpaired) electrons. The molecule has 3 heterocycles. The lowest BCUT2D eigenvalue weighted by Gasteiger charge is -2.50.